The summed E-state index contributed by atoms with van der Waals surface area (Å²) in [4.78, 5) is 5.00. The Morgan fingerprint density at radius 1 is 0.897 bits per heavy atom. The highest BCUT2D eigenvalue weighted by molar-refractivity contribution is 5.37. The second-order valence-corrected chi connectivity index (χ2v) is 7.98. The lowest BCUT2D eigenvalue weighted by molar-refractivity contribution is 0.0499. The van der Waals surface area contributed by atoms with Crippen LogP contribution in [0.15, 0.2) is 36.4 Å². The number of aryl methyl sites for hydroxylation is 2. The summed E-state index contributed by atoms with van der Waals surface area (Å²) >= 11 is 0. The average molecular weight is 399 g/mol. The molecule has 29 heavy (non-hydrogen) atoms. The maximum Gasteiger partial charge on any atom is 0.121 e. The Hall–Kier alpha value is -2.08. The van der Waals surface area contributed by atoms with Crippen molar-refractivity contribution < 1.29 is 14.6 Å². The van der Waals surface area contributed by atoms with Gasteiger partial charge in [-0.05, 0) is 54.7 Å². The van der Waals surface area contributed by atoms with E-state index in [0.29, 0.717) is 6.04 Å². The maximum absolute atomic E-state index is 9.61. The largest absolute Gasteiger partial charge is 0.496 e. The van der Waals surface area contributed by atoms with Gasteiger partial charge in [-0.1, -0.05) is 24.3 Å². The van der Waals surface area contributed by atoms with Crippen LogP contribution < -0.4 is 9.47 Å². The van der Waals surface area contributed by atoms with Crippen molar-refractivity contribution in [1.82, 2.24) is 9.80 Å². The lowest BCUT2D eigenvalue weighted by Gasteiger charge is -2.41. The molecule has 0 aliphatic carbocycles. The van der Waals surface area contributed by atoms with Crippen LogP contribution >= 0.6 is 0 Å². The number of hydrogen-bond acceptors (Lipinski definition) is 5. The van der Waals surface area contributed by atoms with Crippen LogP contribution in [-0.2, 0) is 13.1 Å². The van der Waals surface area contributed by atoms with Gasteiger partial charge in [0, 0.05) is 45.4 Å². The number of methoxy groups -OCH3 is 2. The molecule has 1 heterocycles. The summed E-state index contributed by atoms with van der Waals surface area (Å²) in [6, 6.07) is 13.2. The monoisotopic (exact) mass is 398 g/mol. The molecule has 5 nitrogen and oxygen atoms in total. The van der Waals surface area contributed by atoms with Gasteiger partial charge in [0.15, 0.2) is 0 Å². The third-order valence-corrected chi connectivity index (χ3v) is 5.86. The number of aliphatic hydroxyl groups excluding tert-OH is 1. The van der Waals surface area contributed by atoms with Crippen molar-refractivity contribution in [3.8, 4) is 11.5 Å². The predicted octanol–water partition coefficient (Wildman–Crippen LogP) is 3.39. The Kier molecular flexibility index (Phi) is 7.53. The molecule has 2 aromatic rings. The summed E-state index contributed by atoms with van der Waals surface area (Å²) in [5.74, 6) is 1.87. The molecule has 0 amide bonds. The molecule has 158 valence electrons. The van der Waals surface area contributed by atoms with Crippen LogP contribution in [0.5, 0.6) is 11.5 Å². The average Bonchev–Trinajstić information content (AvgIpc) is 2.70. The minimum atomic E-state index is 0.221. The number of aliphatic hydroxyl groups is 1. The Labute approximate surface area is 174 Å². The predicted molar refractivity (Wildman–Crippen MR) is 117 cm³/mol. The number of benzene rings is 2. The molecule has 1 N–H and O–H groups in total. The molecule has 0 bridgehead atoms. The highest BCUT2D eigenvalue weighted by atomic mass is 16.5. The number of rotatable bonds is 8. The standard InChI is InChI=1S/C24H34N2O3/c1-18-13-20(5-7-23(18)28-3)15-25-10-11-26(22(17-25)9-12-27)16-21-6-8-24(29-4)19(2)14-21/h5-8,13-14,22,27H,9-12,15-17H2,1-4H3. The van der Waals surface area contributed by atoms with Crippen LogP contribution in [0.3, 0.4) is 0 Å². The SMILES string of the molecule is COc1ccc(CN2CCN(Cc3ccc(OC)c(C)c3)C(CCO)C2)cc1C. The summed E-state index contributed by atoms with van der Waals surface area (Å²) in [6.07, 6.45) is 0.799. The molecule has 3 rings (SSSR count). The second-order valence-electron chi connectivity index (χ2n) is 7.98. The molecule has 0 radical (unpaired) electrons. The van der Waals surface area contributed by atoms with Crippen LogP contribution in [0, 0.1) is 13.8 Å². The summed E-state index contributed by atoms with van der Waals surface area (Å²) in [7, 11) is 3.42. The van der Waals surface area contributed by atoms with Gasteiger partial charge in [0.25, 0.3) is 0 Å². The highest BCUT2D eigenvalue weighted by Gasteiger charge is 2.26. The topological polar surface area (TPSA) is 45.2 Å². The van der Waals surface area contributed by atoms with E-state index >= 15 is 0 Å². The Bertz CT molecular complexity index is 809. The van der Waals surface area contributed by atoms with Crippen molar-refractivity contribution in [3.63, 3.8) is 0 Å². The van der Waals surface area contributed by atoms with E-state index in [4.69, 9.17) is 9.47 Å². The van der Waals surface area contributed by atoms with Crippen LogP contribution in [0.4, 0.5) is 0 Å². The van der Waals surface area contributed by atoms with Crippen molar-refractivity contribution >= 4 is 0 Å². The Balaban J connectivity index is 1.64. The smallest absolute Gasteiger partial charge is 0.121 e. The third kappa shape index (κ3) is 5.50. The zero-order valence-electron chi connectivity index (χ0n) is 18.1. The van der Waals surface area contributed by atoms with E-state index in [0.717, 1.165) is 56.2 Å². The fourth-order valence-corrected chi connectivity index (χ4v) is 4.30. The number of piperazine rings is 1. The minimum absolute atomic E-state index is 0.221. The summed E-state index contributed by atoms with van der Waals surface area (Å²) in [6.45, 7) is 9.24. The van der Waals surface area contributed by atoms with E-state index in [1.54, 1.807) is 14.2 Å². The van der Waals surface area contributed by atoms with Gasteiger partial charge >= 0.3 is 0 Å². The first kappa shape index (κ1) is 21.6. The van der Waals surface area contributed by atoms with Gasteiger partial charge < -0.3 is 14.6 Å². The highest BCUT2D eigenvalue weighted by Crippen LogP contribution is 2.24. The van der Waals surface area contributed by atoms with E-state index in [1.165, 1.54) is 16.7 Å². The molecular weight excluding hydrogens is 364 g/mol. The molecule has 1 unspecified atom stereocenters. The van der Waals surface area contributed by atoms with Crippen molar-refractivity contribution in [3.05, 3.63) is 58.7 Å². The van der Waals surface area contributed by atoms with Crippen LogP contribution in [0.25, 0.3) is 0 Å². The van der Waals surface area contributed by atoms with Crippen molar-refractivity contribution in [2.45, 2.75) is 39.4 Å². The zero-order chi connectivity index (χ0) is 20.8. The maximum atomic E-state index is 9.61. The third-order valence-electron chi connectivity index (χ3n) is 5.86. The van der Waals surface area contributed by atoms with Gasteiger partial charge in [0.1, 0.15) is 11.5 Å². The minimum Gasteiger partial charge on any atom is -0.496 e. The molecule has 1 fully saturated rings. The van der Waals surface area contributed by atoms with E-state index in [2.05, 4.69) is 54.0 Å². The lowest BCUT2D eigenvalue weighted by atomic mass is 10.0. The quantitative estimate of drug-likeness (QED) is 0.739. The van der Waals surface area contributed by atoms with Crippen LogP contribution in [0.1, 0.15) is 28.7 Å². The van der Waals surface area contributed by atoms with Crippen molar-refractivity contribution in [2.24, 2.45) is 0 Å². The summed E-state index contributed by atoms with van der Waals surface area (Å²) in [5, 5.41) is 9.61. The van der Waals surface area contributed by atoms with Gasteiger partial charge in [0.2, 0.25) is 0 Å². The molecule has 1 aliphatic rings. The molecule has 1 atom stereocenters. The molecule has 1 aliphatic heterocycles. The van der Waals surface area contributed by atoms with E-state index in [9.17, 15) is 5.11 Å². The van der Waals surface area contributed by atoms with Gasteiger partial charge in [-0.3, -0.25) is 9.80 Å². The van der Waals surface area contributed by atoms with E-state index in [-0.39, 0.29) is 6.61 Å². The van der Waals surface area contributed by atoms with Gasteiger partial charge in [-0.25, -0.2) is 0 Å². The summed E-state index contributed by atoms with van der Waals surface area (Å²) in [5.41, 5.74) is 4.94. The molecule has 0 saturated carbocycles. The Morgan fingerprint density at radius 2 is 1.48 bits per heavy atom. The second kappa shape index (κ2) is 10.1. The van der Waals surface area contributed by atoms with Crippen molar-refractivity contribution in [2.75, 3.05) is 40.5 Å². The van der Waals surface area contributed by atoms with Crippen molar-refractivity contribution in [1.29, 1.82) is 0 Å². The first-order chi connectivity index (χ1) is 14.0. The fourth-order valence-electron chi connectivity index (χ4n) is 4.30. The zero-order valence-corrected chi connectivity index (χ0v) is 18.1. The van der Waals surface area contributed by atoms with Gasteiger partial charge in [0.05, 0.1) is 14.2 Å². The first-order valence-corrected chi connectivity index (χ1v) is 10.4. The number of hydrogen-bond donors (Lipinski definition) is 1. The lowest BCUT2D eigenvalue weighted by Crippen LogP contribution is -2.52. The molecule has 0 aromatic heterocycles. The molecule has 5 heteroatoms. The van der Waals surface area contributed by atoms with Gasteiger partial charge in [-0.15, -0.1) is 0 Å². The number of ether oxygens (including phenoxy) is 2. The van der Waals surface area contributed by atoms with Gasteiger partial charge in [-0.2, -0.15) is 0 Å². The normalized spacial score (nSPS) is 18.0. The molecule has 1 saturated heterocycles. The molecule has 2 aromatic carbocycles. The first-order valence-electron chi connectivity index (χ1n) is 10.4. The van der Waals surface area contributed by atoms with Crippen LogP contribution in [-0.4, -0.2) is 61.4 Å². The summed E-state index contributed by atoms with van der Waals surface area (Å²) < 4.78 is 10.8. The number of nitrogens with zero attached hydrogens (tertiary/aromatic N) is 2. The van der Waals surface area contributed by atoms with Crippen LogP contribution in [0.2, 0.25) is 0 Å². The van der Waals surface area contributed by atoms with E-state index in [1.807, 2.05) is 6.07 Å². The fraction of sp³-hybridized carbons (Fsp3) is 0.500. The van der Waals surface area contributed by atoms with E-state index < -0.39 is 0 Å². The Morgan fingerprint density at radius 3 is 2.00 bits per heavy atom. The molecular formula is C24H34N2O3. The molecule has 0 spiro atoms.